The lowest BCUT2D eigenvalue weighted by Gasteiger charge is -2.09. The number of aliphatic hydroxyl groups is 1. The highest BCUT2D eigenvalue weighted by Gasteiger charge is 2.12. The third-order valence-electron chi connectivity index (χ3n) is 4.49. The molecule has 0 aliphatic carbocycles. The van der Waals surface area contributed by atoms with E-state index >= 15 is 0 Å². The van der Waals surface area contributed by atoms with Gasteiger partial charge in [0.1, 0.15) is 0 Å². The van der Waals surface area contributed by atoms with Crippen LogP contribution in [0.2, 0.25) is 0 Å². The summed E-state index contributed by atoms with van der Waals surface area (Å²) in [6.45, 7) is 0.0135. The third-order valence-corrected chi connectivity index (χ3v) is 4.49. The van der Waals surface area contributed by atoms with Gasteiger partial charge in [0, 0.05) is 11.8 Å². The molecule has 2 heterocycles. The Kier molecular flexibility index (Phi) is 4.48. The summed E-state index contributed by atoms with van der Waals surface area (Å²) >= 11 is 0. The van der Waals surface area contributed by atoms with E-state index < -0.39 is 0 Å². The number of hydrogen-bond acceptors (Lipinski definition) is 5. The highest BCUT2D eigenvalue weighted by atomic mass is 16.5. The van der Waals surface area contributed by atoms with E-state index in [0.717, 1.165) is 27.9 Å². The molecule has 6 nitrogen and oxygen atoms in total. The molecule has 4 aromatic rings. The van der Waals surface area contributed by atoms with Gasteiger partial charge in [-0.15, -0.1) is 10.2 Å². The predicted octanol–water partition coefficient (Wildman–Crippen LogP) is 3.57. The normalized spacial score (nSPS) is 10.9. The van der Waals surface area contributed by atoms with Crippen molar-refractivity contribution in [3.63, 3.8) is 0 Å². The van der Waals surface area contributed by atoms with Crippen LogP contribution in [0.15, 0.2) is 60.8 Å². The van der Waals surface area contributed by atoms with Crippen LogP contribution < -0.4 is 9.47 Å². The zero-order valence-corrected chi connectivity index (χ0v) is 15.1. The van der Waals surface area contributed by atoms with Gasteiger partial charge < -0.3 is 14.6 Å². The molecule has 0 spiro atoms. The second-order valence-electron chi connectivity index (χ2n) is 6.10. The van der Waals surface area contributed by atoms with Crippen molar-refractivity contribution in [2.45, 2.75) is 6.61 Å². The molecule has 0 amide bonds. The Morgan fingerprint density at radius 1 is 0.852 bits per heavy atom. The summed E-state index contributed by atoms with van der Waals surface area (Å²) in [5, 5.41) is 18.0. The van der Waals surface area contributed by atoms with Crippen molar-refractivity contribution in [2.75, 3.05) is 14.2 Å². The first kappa shape index (κ1) is 17.1. The lowest BCUT2D eigenvalue weighted by molar-refractivity contribution is 0.282. The molecule has 4 rings (SSSR count). The average Bonchev–Trinajstić information content (AvgIpc) is 3.16. The molecule has 0 saturated heterocycles. The SMILES string of the molecule is COc1ccc(-c2nnc3ccc(-c4cccc(CO)c4)cn23)cc1OC. The van der Waals surface area contributed by atoms with Crippen LogP contribution in [0.1, 0.15) is 5.56 Å². The summed E-state index contributed by atoms with van der Waals surface area (Å²) in [6, 6.07) is 17.4. The molecule has 0 radical (unpaired) electrons. The molecule has 2 aromatic heterocycles. The topological polar surface area (TPSA) is 68.9 Å². The van der Waals surface area contributed by atoms with Crippen molar-refractivity contribution in [3.05, 3.63) is 66.4 Å². The van der Waals surface area contributed by atoms with Gasteiger partial charge in [-0.1, -0.05) is 18.2 Å². The van der Waals surface area contributed by atoms with Crippen LogP contribution in [-0.2, 0) is 6.61 Å². The fourth-order valence-electron chi connectivity index (χ4n) is 3.08. The standard InChI is InChI=1S/C21H19N3O3/c1-26-18-8-6-16(11-19(18)27-2)21-23-22-20-9-7-17(12-24(20)21)15-5-3-4-14(10-15)13-25/h3-12,25H,13H2,1-2H3. The Hall–Kier alpha value is -3.38. The first-order chi connectivity index (χ1) is 13.2. The molecule has 0 aliphatic heterocycles. The second-order valence-corrected chi connectivity index (χ2v) is 6.10. The lowest BCUT2D eigenvalue weighted by Crippen LogP contribution is -1.94. The van der Waals surface area contributed by atoms with Crippen LogP contribution in [0.4, 0.5) is 0 Å². The van der Waals surface area contributed by atoms with Gasteiger partial charge in [-0.05, 0) is 53.1 Å². The Balaban J connectivity index is 1.83. The Morgan fingerprint density at radius 2 is 1.67 bits per heavy atom. The van der Waals surface area contributed by atoms with Crippen LogP contribution in [-0.4, -0.2) is 33.9 Å². The van der Waals surface area contributed by atoms with Gasteiger partial charge in [-0.3, -0.25) is 4.40 Å². The number of aromatic nitrogens is 3. The van der Waals surface area contributed by atoms with E-state index in [4.69, 9.17) is 9.47 Å². The van der Waals surface area contributed by atoms with Gasteiger partial charge in [-0.2, -0.15) is 0 Å². The Labute approximate surface area is 156 Å². The number of nitrogens with zero attached hydrogens (tertiary/aromatic N) is 3. The summed E-state index contributed by atoms with van der Waals surface area (Å²) in [5.41, 5.74) is 4.54. The summed E-state index contributed by atoms with van der Waals surface area (Å²) in [4.78, 5) is 0. The molecule has 0 aliphatic rings. The van der Waals surface area contributed by atoms with E-state index in [-0.39, 0.29) is 6.61 Å². The molecule has 0 unspecified atom stereocenters. The van der Waals surface area contributed by atoms with Crippen LogP contribution in [0.3, 0.4) is 0 Å². The summed E-state index contributed by atoms with van der Waals surface area (Å²) in [7, 11) is 3.21. The van der Waals surface area contributed by atoms with Crippen LogP contribution >= 0.6 is 0 Å². The fraction of sp³-hybridized carbons (Fsp3) is 0.143. The lowest BCUT2D eigenvalue weighted by atomic mass is 10.0. The van der Waals surface area contributed by atoms with Gasteiger partial charge in [0.15, 0.2) is 23.0 Å². The van der Waals surface area contributed by atoms with E-state index in [2.05, 4.69) is 10.2 Å². The van der Waals surface area contributed by atoms with Gasteiger partial charge in [0.2, 0.25) is 0 Å². The van der Waals surface area contributed by atoms with Crippen molar-refractivity contribution in [1.82, 2.24) is 14.6 Å². The molecule has 6 heteroatoms. The van der Waals surface area contributed by atoms with Crippen molar-refractivity contribution >= 4 is 5.65 Å². The Bertz CT molecular complexity index is 1100. The first-order valence-corrected chi connectivity index (χ1v) is 8.51. The molecule has 0 atom stereocenters. The van der Waals surface area contributed by atoms with Crippen molar-refractivity contribution in [1.29, 1.82) is 0 Å². The number of hydrogen-bond donors (Lipinski definition) is 1. The van der Waals surface area contributed by atoms with E-state index in [0.29, 0.717) is 17.3 Å². The maximum Gasteiger partial charge on any atom is 0.168 e. The van der Waals surface area contributed by atoms with E-state index in [1.54, 1.807) is 14.2 Å². The maximum atomic E-state index is 9.39. The van der Waals surface area contributed by atoms with E-state index in [1.165, 1.54) is 0 Å². The largest absolute Gasteiger partial charge is 0.493 e. The van der Waals surface area contributed by atoms with Crippen LogP contribution in [0, 0.1) is 0 Å². The number of fused-ring (bicyclic) bond motifs is 1. The third kappa shape index (κ3) is 3.11. The monoisotopic (exact) mass is 361 g/mol. The second kappa shape index (κ2) is 7.09. The number of rotatable bonds is 5. The quantitative estimate of drug-likeness (QED) is 0.588. The molecule has 0 fully saturated rings. The summed E-state index contributed by atoms with van der Waals surface area (Å²) in [6.07, 6.45) is 2.00. The van der Waals surface area contributed by atoms with Crippen molar-refractivity contribution < 1.29 is 14.6 Å². The highest BCUT2D eigenvalue weighted by molar-refractivity contribution is 5.69. The first-order valence-electron chi connectivity index (χ1n) is 8.51. The minimum atomic E-state index is 0.0135. The zero-order chi connectivity index (χ0) is 18.8. The number of methoxy groups -OCH3 is 2. The van der Waals surface area contributed by atoms with Gasteiger partial charge >= 0.3 is 0 Å². The molecule has 27 heavy (non-hydrogen) atoms. The van der Waals surface area contributed by atoms with Crippen LogP contribution in [0.25, 0.3) is 28.2 Å². The summed E-state index contributed by atoms with van der Waals surface area (Å²) in [5.74, 6) is 2.02. The predicted molar refractivity (Wildman–Crippen MR) is 103 cm³/mol. The molecular weight excluding hydrogens is 342 g/mol. The van der Waals surface area contributed by atoms with Gasteiger partial charge in [-0.25, -0.2) is 0 Å². The number of benzene rings is 2. The number of ether oxygens (including phenoxy) is 2. The molecule has 2 aromatic carbocycles. The maximum absolute atomic E-state index is 9.39. The van der Waals surface area contributed by atoms with Crippen molar-refractivity contribution in [3.8, 4) is 34.0 Å². The van der Waals surface area contributed by atoms with Gasteiger partial charge in [0.05, 0.1) is 20.8 Å². The minimum Gasteiger partial charge on any atom is -0.493 e. The zero-order valence-electron chi connectivity index (χ0n) is 15.1. The molecule has 0 saturated carbocycles. The molecular formula is C21H19N3O3. The van der Waals surface area contributed by atoms with Gasteiger partial charge in [0.25, 0.3) is 0 Å². The smallest absolute Gasteiger partial charge is 0.168 e. The average molecular weight is 361 g/mol. The van der Waals surface area contributed by atoms with Crippen molar-refractivity contribution in [2.24, 2.45) is 0 Å². The Morgan fingerprint density at radius 3 is 2.44 bits per heavy atom. The highest BCUT2D eigenvalue weighted by Crippen LogP contribution is 2.32. The number of aliphatic hydroxyl groups excluding tert-OH is 1. The van der Waals surface area contributed by atoms with E-state index in [1.807, 2.05) is 65.2 Å². The number of pyridine rings is 1. The molecule has 136 valence electrons. The van der Waals surface area contributed by atoms with Crippen LogP contribution in [0.5, 0.6) is 11.5 Å². The minimum absolute atomic E-state index is 0.0135. The van der Waals surface area contributed by atoms with E-state index in [9.17, 15) is 5.11 Å². The molecule has 0 bridgehead atoms. The summed E-state index contributed by atoms with van der Waals surface area (Å²) < 4.78 is 12.7. The molecule has 1 N–H and O–H groups in total. The fourth-order valence-corrected chi connectivity index (χ4v) is 3.08.